The van der Waals surface area contributed by atoms with E-state index < -0.39 is 26.6 Å². The average Bonchev–Trinajstić information content (AvgIpc) is 2.27. The lowest BCUT2D eigenvalue weighted by atomic mass is 9.91. The summed E-state index contributed by atoms with van der Waals surface area (Å²) in [7, 11) is -2.72. The smallest absolute Gasteiger partial charge is 0.256 e. The molecule has 0 atom stereocenters. The van der Waals surface area contributed by atoms with Crippen LogP contribution in [0.4, 0.5) is 4.39 Å². The van der Waals surface area contributed by atoms with Gasteiger partial charge >= 0.3 is 0 Å². The fourth-order valence-corrected chi connectivity index (χ4v) is 2.99. The zero-order valence-corrected chi connectivity index (χ0v) is 12.3. The van der Waals surface area contributed by atoms with Crippen molar-refractivity contribution in [3.63, 3.8) is 0 Å². The van der Waals surface area contributed by atoms with Gasteiger partial charge in [-0.05, 0) is 31.4 Å². The van der Waals surface area contributed by atoms with Gasteiger partial charge in [0.1, 0.15) is 4.90 Å². The minimum atomic E-state index is -4.28. The fraction of sp³-hybridized carbons (Fsp3) is 0.417. The van der Waals surface area contributed by atoms with Crippen molar-refractivity contribution in [3.8, 4) is 0 Å². The Morgan fingerprint density at radius 3 is 2.50 bits per heavy atom. The Hall–Kier alpha value is -1.18. The number of halogens is 2. The lowest BCUT2D eigenvalue weighted by Crippen LogP contribution is -2.41. The molecule has 0 bridgehead atoms. The molecule has 0 radical (unpaired) electrons. The second kappa shape index (κ2) is 5.31. The molecule has 2 rings (SSSR count). The number of hydrogen-bond donors (Lipinski definition) is 1. The first-order chi connectivity index (χ1) is 9.21. The van der Waals surface area contributed by atoms with Gasteiger partial charge in [0.25, 0.3) is 5.91 Å². The molecule has 8 heteroatoms. The Morgan fingerprint density at radius 1 is 1.45 bits per heavy atom. The molecule has 1 saturated carbocycles. The van der Waals surface area contributed by atoms with Gasteiger partial charge in [-0.25, -0.2) is 17.9 Å². The molecular weight excluding hydrogens is 307 g/mol. The van der Waals surface area contributed by atoms with Gasteiger partial charge in [0, 0.05) is 18.1 Å². The van der Waals surface area contributed by atoms with Crippen LogP contribution in [0.5, 0.6) is 0 Å². The molecule has 5 nitrogen and oxygen atoms in total. The lowest BCUT2D eigenvalue weighted by molar-refractivity contribution is 0.0646. The summed E-state index contributed by atoms with van der Waals surface area (Å²) in [6.45, 7) is 0. The molecule has 0 unspecified atom stereocenters. The molecular formula is C12H14ClFN2O3S. The van der Waals surface area contributed by atoms with E-state index in [1.807, 2.05) is 0 Å². The number of carbonyl (C=O) groups is 1. The first-order valence-corrected chi connectivity index (χ1v) is 7.93. The molecule has 110 valence electrons. The summed E-state index contributed by atoms with van der Waals surface area (Å²) in [6, 6.07) is 2.06. The topological polar surface area (TPSA) is 80.5 Å². The monoisotopic (exact) mass is 320 g/mol. The summed E-state index contributed by atoms with van der Waals surface area (Å²) in [4.78, 5) is 12.9. The first-order valence-electron chi connectivity index (χ1n) is 6.01. The normalized spacial score (nSPS) is 15.8. The van der Waals surface area contributed by atoms with Crippen LogP contribution in [-0.2, 0) is 10.0 Å². The van der Waals surface area contributed by atoms with Crippen molar-refractivity contribution < 1.29 is 17.6 Å². The molecule has 2 N–H and O–H groups in total. The maximum absolute atomic E-state index is 14.2. The van der Waals surface area contributed by atoms with Gasteiger partial charge in [0.15, 0.2) is 5.82 Å². The third kappa shape index (κ3) is 2.79. The SMILES string of the molecule is CN(C(=O)c1cc(Cl)cc(S(N)(=O)=O)c1F)C1CCC1. The van der Waals surface area contributed by atoms with Crippen LogP contribution in [0.2, 0.25) is 5.02 Å². The number of benzene rings is 1. The molecule has 0 spiro atoms. The van der Waals surface area contributed by atoms with Crippen molar-refractivity contribution in [2.45, 2.75) is 30.2 Å². The van der Waals surface area contributed by atoms with Crippen LogP contribution in [-0.4, -0.2) is 32.3 Å². The van der Waals surface area contributed by atoms with Crippen LogP contribution >= 0.6 is 11.6 Å². The highest BCUT2D eigenvalue weighted by Crippen LogP contribution is 2.28. The first kappa shape index (κ1) is 15.2. The Balaban J connectivity index is 2.46. The maximum Gasteiger partial charge on any atom is 0.256 e. The second-order valence-corrected chi connectivity index (χ2v) is 6.78. The van der Waals surface area contributed by atoms with E-state index in [9.17, 15) is 17.6 Å². The molecule has 1 aromatic carbocycles. The number of nitrogens with zero attached hydrogens (tertiary/aromatic N) is 1. The van der Waals surface area contributed by atoms with Crippen molar-refractivity contribution in [2.24, 2.45) is 5.14 Å². The minimum absolute atomic E-state index is 0.0545. The summed E-state index contributed by atoms with van der Waals surface area (Å²) >= 11 is 5.75. The van der Waals surface area contributed by atoms with Gasteiger partial charge in [-0.2, -0.15) is 0 Å². The van der Waals surface area contributed by atoms with Crippen LogP contribution in [0.15, 0.2) is 17.0 Å². The van der Waals surface area contributed by atoms with Crippen LogP contribution in [0, 0.1) is 5.82 Å². The summed E-state index contributed by atoms with van der Waals surface area (Å²) in [5.41, 5.74) is -0.379. The van der Waals surface area contributed by atoms with Crippen molar-refractivity contribution in [3.05, 3.63) is 28.5 Å². The number of sulfonamides is 1. The molecule has 20 heavy (non-hydrogen) atoms. The highest BCUT2D eigenvalue weighted by atomic mass is 35.5. The number of amides is 1. The van der Waals surface area contributed by atoms with Gasteiger partial charge in [0.2, 0.25) is 10.0 Å². The molecule has 1 aliphatic carbocycles. The van der Waals surface area contributed by atoms with Gasteiger partial charge < -0.3 is 4.90 Å². The van der Waals surface area contributed by atoms with E-state index in [1.54, 1.807) is 7.05 Å². The number of primary sulfonamides is 1. The van der Waals surface area contributed by atoms with Gasteiger partial charge in [-0.1, -0.05) is 11.6 Å². The van der Waals surface area contributed by atoms with Crippen molar-refractivity contribution in [1.82, 2.24) is 4.90 Å². The fourth-order valence-electron chi connectivity index (χ4n) is 2.06. The lowest BCUT2D eigenvalue weighted by Gasteiger charge is -2.34. The summed E-state index contributed by atoms with van der Waals surface area (Å²) in [6.07, 6.45) is 2.72. The predicted octanol–water partition coefficient (Wildman–Crippen LogP) is 1.75. The van der Waals surface area contributed by atoms with E-state index in [4.69, 9.17) is 16.7 Å². The van der Waals surface area contributed by atoms with Crippen molar-refractivity contribution in [1.29, 1.82) is 0 Å². The summed E-state index contributed by atoms with van der Waals surface area (Å²) < 4.78 is 36.8. The van der Waals surface area contributed by atoms with Crippen LogP contribution in [0.1, 0.15) is 29.6 Å². The van der Waals surface area contributed by atoms with Gasteiger partial charge in [-0.15, -0.1) is 0 Å². The number of rotatable bonds is 3. The van der Waals surface area contributed by atoms with Gasteiger partial charge in [-0.3, -0.25) is 4.79 Å². The Bertz CT molecular complexity index is 659. The highest BCUT2D eigenvalue weighted by Gasteiger charge is 2.30. The molecule has 0 heterocycles. The zero-order valence-electron chi connectivity index (χ0n) is 10.8. The Kier molecular flexibility index (Phi) is 4.04. The van der Waals surface area contributed by atoms with Crippen molar-refractivity contribution >= 4 is 27.5 Å². The van der Waals surface area contributed by atoms with Crippen LogP contribution in [0.3, 0.4) is 0 Å². The van der Waals surface area contributed by atoms with Crippen LogP contribution in [0.25, 0.3) is 0 Å². The van der Waals surface area contributed by atoms with E-state index >= 15 is 0 Å². The van der Waals surface area contributed by atoms with E-state index in [1.165, 1.54) is 4.90 Å². The summed E-state index contributed by atoms with van der Waals surface area (Å²) in [5, 5.41) is 4.86. The molecule has 0 saturated heterocycles. The molecule has 1 fully saturated rings. The minimum Gasteiger partial charge on any atom is -0.339 e. The number of carbonyl (C=O) groups excluding carboxylic acids is 1. The number of hydrogen-bond acceptors (Lipinski definition) is 3. The second-order valence-electron chi connectivity index (χ2n) is 4.81. The van der Waals surface area contributed by atoms with E-state index in [0.717, 1.165) is 31.4 Å². The summed E-state index contributed by atoms with van der Waals surface area (Å²) in [5.74, 6) is -1.76. The molecule has 1 aliphatic rings. The maximum atomic E-state index is 14.2. The highest BCUT2D eigenvalue weighted by molar-refractivity contribution is 7.89. The quantitative estimate of drug-likeness (QED) is 0.921. The van der Waals surface area contributed by atoms with Crippen molar-refractivity contribution in [2.75, 3.05) is 7.05 Å². The molecule has 1 aromatic rings. The van der Waals surface area contributed by atoms with Gasteiger partial charge in [0.05, 0.1) is 5.56 Å². The standard InChI is InChI=1S/C12H14ClFN2O3S/c1-16(8-3-2-4-8)12(17)9-5-7(13)6-10(11(9)14)20(15,18)19/h5-6,8H,2-4H2,1H3,(H2,15,18,19). The van der Waals surface area contributed by atoms with E-state index in [2.05, 4.69) is 0 Å². The molecule has 0 aromatic heterocycles. The van der Waals surface area contributed by atoms with E-state index in [-0.39, 0.29) is 16.6 Å². The van der Waals surface area contributed by atoms with E-state index in [0.29, 0.717) is 0 Å². The third-order valence-corrected chi connectivity index (χ3v) is 4.61. The predicted molar refractivity (Wildman–Crippen MR) is 72.5 cm³/mol. The average molecular weight is 321 g/mol. The molecule has 0 aliphatic heterocycles. The third-order valence-electron chi connectivity index (χ3n) is 3.48. The Labute approximate surface area is 121 Å². The Morgan fingerprint density at radius 2 is 2.05 bits per heavy atom. The largest absolute Gasteiger partial charge is 0.339 e. The van der Waals surface area contributed by atoms with Crippen LogP contribution < -0.4 is 5.14 Å². The zero-order chi connectivity index (χ0) is 15.1. The molecule has 1 amide bonds. The number of nitrogens with two attached hydrogens (primary N) is 1.